The average molecular weight is 306 g/mol. The van der Waals surface area contributed by atoms with Crippen LogP contribution in [0.4, 0.5) is 0 Å². The fourth-order valence-electron chi connectivity index (χ4n) is 2.80. The zero-order valence-electron chi connectivity index (χ0n) is 13.0. The van der Waals surface area contributed by atoms with E-state index in [0.29, 0.717) is 16.6 Å². The zero-order chi connectivity index (χ0) is 16.1. The number of nitrogens with one attached hydrogen (secondary N) is 1. The van der Waals surface area contributed by atoms with Crippen molar-refractivity contribution in [1.82, 2.24) is 5.32 Å². The Morgan fingerprint density at radius 2 is 2.00 bits per heavy atom. The molecule has 1 amide bonds. The molecule has 0 unspecified atom stereocenters. The number of hydrogen-bond acceptors (Lipinski definition) is 4. The van der Waals surface area contributed by atoms with Crippen molar-refractivity contribution in [2.45, 2.75) is 39.2 Å². The monoisotopic (exact) mass is 306 g/mol. The number of nitrogens with zero attached hydrogens (tertiary/aromatic N) is 1. The standard InChI is InChI=1S/C16H22N2O4/c1-11-4-3-5-14(12(11)2)17-15(19)10-22-16(20)13-6-8-18(21)9-7-13/h6-9,11-12,14H,3-5,10H2,1-2H3,(H,17,19)/t11-,12+,14+/m0/s1. The highest BCUT2D eigenvalue weighted by Crippen LogP contribution is 2.29. The van der Waals surface area contributed by atoms with E-state index in [0.717, 1.165) is 12.8 Å². The summed E-state index contributed by atoms with van der Waals surface area (Å²) < 4.78 is 5.55. The maximum atomic E-state index is 11.9. The summed E-state index contributed by atoms with van der Waals surface area (Å²) in [5.41, 5.74) is 0.250. The molecule has 120 valence electrons. The van der Waals surface area contributed by atoms with Crippen molar-refractivity contribution in [1.29, 1.82) is 0 Å². The Hall–Kier alpha value is -2.11. The first-order valence-corrected chi connectivity index (χ1v) is 7.62. The summed E-state index contributed by atoms with van der Waals surface area (Å²) in [6, 6.07) is 2.86. The van der Waals surface area contributed by atoms with Crippen LogP contribution >= 0.6 is 0 Å². The molecule has 0 aliphatic heterocycles. The second kappa shape index (κ2) is 7.24. The Morgan fingerprint density at radius 3 is 2.68 bits per heavy atom. The topological polar surface area (TPSA) is 82.3 Å². The van der Waals surface area contributed by atoms with Crippen molar-refractivity contribution >= 4 is 11.9 Å². The lowest BCUT2D eigenvalue weighted by Gasteiger charge is -2.34. The third-order valence-electron chi connectivity index (χ3n) is 4.43. The first-order chi connectivity index (χ1) is 10.5. The molecule has 0 radical (unpaired) electrons. The number of carbonyl (C=O) groups is 2. The quantitative estimate of drug-likeness (QED) is 0.518. The molecule has 1 aromatic rings. The number of rotatable bonds is 4. The fraction of sp³-hybridized carbons (Fsp3) is 0.562. The number of carbonyl (C=O) groups excluding carboxylic acids is 2. The lowest BCUT2D eigenvalue weighted by atomic mass is 9.78. The highest BCUT2D eigenvalue weighted by molar-refractivity contribution is 5.91. The predicted octanol–water partition coefficient (Wildman–Crippen LogP) is 1.42. The minimum atomic E-state index is -0.610. The highest BCUT2D eigenvalue weighted by atomic mass is 16.5. The van der Waals surface area contributed by atoms with Crippen LogP contribution in [0, 0.1) is 17.0 Å². The Labute approximate surface area is 130 Å². The maximum Gasteiger partial charge on any atom is 0.339 e. The highest BCUT2D eigenvalue weighted by Gasteiger charge is 2.28. The molecule has 0 bridgehead atoms. The van der Waals surface area contributed by atoms with Gasteiger partial charge in [-0.3, -0.25) is 4.79 Å². The largest absolute Gasteiger partial charge is 0.619 e. The van der Waals surface area contributed by atoms with E-state index in [9.17, 15) is 14.8 Å². The van der Waals surface area contributed by atoms with E-state index >= 15 is 0 Å². The third kappa shape index (κ3) is 4.19. The first kappa shape index (κ1) is 16.3. The van der Waals surface area contributed by atoms with Gasteiger partial charge in [-0.15, -0.1) is 0 Å². The van der Waals surface area contributed by atoms with E-state index in [4.69, 9.17) is 4.74 Å². The van der Waals surface area contributed by atoms with E-state index in [-0.39, 0.29) is 24.1 Å². The van der Waals surface area contributed by atoms with Gasteiger partial charge >= 0.3 is 5.97 Å². The van der Waals surface area contributed by atoms with Crippen LogP contribution in [0.15, 0.2) is 24.5 Å². The van der Waals surface area contributed by atoms with Crippen molar-refractivity contribution in [2.75, 3.05) is 6.61 Å². The summed E-state index contributed by atoms with van der Waals surface area (Å²) >= 11 is 0. The van der Waals surface area contributed by atoms with Gasteiger partial charge in [-0.2, -0.15) is 4.73 Å². The van der Waals surface area contributed by atoms with E-state index in [1.165, 1.54) is 30.9 Å². The molecule has 1 aliphatic rings. The lowest BCUT2D eigenvalue weighted by molar-refractivity contribution is -0.605. The van der Waals surface area contributed by atoms with Gasteiger partial charge < -0.3 is 15.3 Å². The van der Waals surface area contributed by atoms with Crippen molar-refractivity contribution in [3.05, 3.63) is 35.3 Å². The molecule has 1 saturated carbocycles. The van der Waals surface area contributed by atoms with E-state index in [2.05, 4.69) is 19.2 Å². The Balaban J connectivity index is 1.80. The van der Waals surface area contributed by atoms with Crippen LogP contribution in [-0.2, 0) is 9.53 Å². The molecule has 1 aromatic heterocycles. The van der Waals surface area contributed by atoms with Gasteiger partial charge in [-0.1, -0.05) is 26.7 Å². The van der Waals surface area contributed by atoms with Crippen molar-refractivity contribution in [3.63, 3.8) is 0 Å². The van der Waals surface area contributed by atoms with Gasteiger partial charge in [0, 0.05) is 18.2 Å². The smallest absolute Gasteiger partial charge is 0.339 e. The van der Waals surface area contributed by atoms with E-state index in [1.54, 1.807) is 0 Å². The maximum absolute atomic E-state index is 11.9. The van der Waals surface area contributed by atoms with Crippen molar-refractivity contribution in [3.8, 4) is 0 Å². The molecule has 1 fully saturated rings. The number of hydrogen-bond donors (Lipinski definition) is 1. The molecule has 1 aliphatic carbocycles. The summed E-state index contributed by atoms with van der Waals surface area (Å²) in [4.78, 5) is 23.7. The molecule has 0 saturated heterocycles. The average Bonchev–Trinajstić information content (AvgIpc) is 2.50. The van der Waals surface area contributed by atoms with Crippen LogP contribution < -0.4 is 10.0 Å². The van der Waals surface area contributed by atoms with Crippen LogP contribution in [0.3, 0.4) is 0 Å². The fourth-order valence-corrected chi connectivity index (χ4v) is 2.80. The summed E-state index contributed by atoms with van der Waals surface area (Å²) in [5.74, 6) is 0.120. The van der Waals surface area contributed by atoms with Crippen LogP contribution in [-0.4, -0.2) is 24.5 Å². The first-order valence-electron chi connectivity index (χ1n) is 7.62. The van der Waals surface area contributed by atoms with Crippen LogP contribution in [0.25, 0.3) is 0 Å². The van der Waals surface area contributed by atoms with Crippen molar-refractivity contribution < 1.29 is 19.1 Å². The van der Waals surface area contributed by atoms with Gasteiger partial charge in [-0.05, 0) is 18.3 Å². The van der Waals surface area contributed by atoms with Gasteiger partial charge in [0.1, 0.15) is 0 Å². The molecule has 22 heavy (non-hydrogen) atoms. The summed E-state index contributed by atoms with van der Waals surface area (Å²) in [6.07, 6.45) is 5.68. The van der Waals surface area contributed by atoms with Gasteiger partial charge in [0.25, 0.3) is 5.91 Å². The van der Waals surface area contributed by atoms with E-state index in [1.807, 2.05) is 0 Å². The number of aromatic nitrogens is 1. The molecule has 1 heterocycles. The third-order valence-corrected chi connectivity index (χ3v) is 4.43. The minimum Gasteiger partial charge on any atom is -0.619 e. The van der Waals surface area contributed by atoms with Crippen LogP contribution in [0.1, 0.15) is 43.5 Å². The number of pyridine rings is 1. The summed E-state index contributed by atoms with van der Waals surface area (Å²) in [7, 11) is 0. The Kier molecular flexibility index (Phi) is 5.35. The SMILES string of the molecule is C[C@@H]1[C@@H](C)CCC[C@H]1NC(=O)COC(=O)c1cc[n+]([O-])cc1. The predicted molar refractivity (Wildman–Crippen MR) is 79.8 cm³/mol. The van der Waals surface area contributed by atoms with Gasteiger partial charge in [0.05, 0.1) is 5.56 Å². The molecule has 0 spiro atoms. The lowest BCUT2D eigenvalue weighted by Crippen LogP contribution is -2.45. The molecule has 6 heteroatoms. The van der Waals surface area contributed by atoms with Crippen LogP contribution in [0.5, 0.6) is 0 Å². The Bertz CT molecular complexity index is 529. The molecule has 2 rings (SSSR count). The zero-order valence-corrected chi connectivity index (χ0v) is 13.0. The molecule has 1 N–H and O–H groups in total. The molecular formula is C16H22N2O4. The van der Waals surface area contributed by atoms with E-state index < -0.39 is 5.97 Å². The molecule has 3 atom stereocenters. The second-order valence-corrected chi connectivity index (χ2v) is 5.96. The van der Waals surface area contributed by atoms with Crippen LogP contribution in [0.2, 0.25) is 0 Å². The normalized spacial score (nSPS) is 24.5. The second-order valence-electron chi connectivity index (χ2n) is 5.96. The van der Waals surface area contributed by atoms with Gasteiger partial charge in [0.2, 0.25) is 0 Å². The number of esters is 1. The number of ether oxygens (including phenoxy) is 1. The minimum absolute atomic E-state index is 0.145. The summed E-state index contributed by atoms with van der Waals surface area (Å²) in [6.45, 7) is 4.03. The van der Waals surface area contributed by atoms with Crippen molar-refractivity contribution in [2.24, 2.45) is 11.8 Å². The summed E-state index contributed by atoms with van der Waals surface area (Å²) in [5, 5.41) is 13.8. The molecule has 0 aromatic carbocycles. The van der Waals surface area contributed by atoms with Gasteiger partial charge in [-0.25, -0.2) is 4.79 Å². The molecular weight excluding hydrogens is 284 g/mol. The molecule has 6 nitrogen and oxygen atoms in total. The number of amides is 1. The Morgan fingerprint density at radius 1 is 1.32 bits per heavy atom. The van der Waals surface area contributed by atoms with Gasteiger partial charge in [0.15, 0.2) is 19.0 Å².